The maximum absolute atomic E-state index is 11.1. The molecule has 0 atom stereocenters. The Morgan fingerprint density at radius 2 is 2.20 bits per heavy atom. The first kappa shape index (κ1) is 9.13. The molecule has 2 aromatic heterocycles. The van der Waals surface area contributed by atoms with Crippen molar-refractivity contribution >= 4 is 22.6 Å². The van der Waals surface area contributed by atoms with Gasteiger partial charge in [-0.15, -0.1) is 0 Å². The van der Waals surface area contributed by atoms with Crippen molar-refractivity contribution in [2.75, 3.05) is 0 Å². The SMILES string of the molecule is N/C=C(\C(N)=O)c1ncnc2nc[nH]c12. The molecule has 76 valence electrons. The molecule has 7 nitrogen and oxygen atoms in total. The molecule has 2 heterocycles. The number of primary amides is 1. The first-order valence-corrected chi connectivity index (χ1v) is 4.10. The Labute approximate surface area is 84.2 Å². The molecule has 0 saturated carbocycles. The van der Waals surface area contributed by atoms with Crippen LogP contribution in [-0.4, -0.2) is 25.8 Å². The summed E-state index contributed by atoms with van der Waals surface area (Å²) in [5, 5.41) is 0. The number of aromatic amines is 1. The molecule has 15 heavy (non-hydrogen) atoms. The third-order valence-electron chi connectivity index (χ3n) is 1.91. The predicted octanol–water partition coefficient (Wildman–Crippen LogP) is -0.862. The van der Waals surface area contributed by atoms with Gasteiger partial charge in [-0.05, 0) is 0 Å². The topological polar surface area (TPSA) is 124 Å². The maximum atomic E-state index is 11.1. The van der Waals surface area contributed by atoms with Crippen LogP contribution in [0.25, 0.3) is 16.7 Å². The smallest absolute Gasteiger partial charge is 0.252 e. The van der Waals surface area contributed by atoms with E-state index in [9.17, 15) is 4.79 Å². The number of carbonyl (C=O) groups excluding carboxylic acids is 1. The summed E-state index contributed by atoms with van der Waals surface area (Å²) < 4.78 is 0. The van der Waals surface area contributed by atoms with Gasteiger partial charge in [0.15, 0.2) is 5.65 Å². The molecule has 0 spiro atoms. The zero-order valence-electron chi connectivity index (χ0n) is 7.64. The van der Waals surface area contributed by atoms with E-state index in [2.05, 4.69) is 19.9 Å². The highest BCUT2D eigenvalue weighted by Crippen LogP contribution is 2.17. The Hall–Kier alpha value is -2.44. The standard InChI is InChI=1S/C8H8N6O/c9-1-4(7(10)15)5-6-8(13-2-11-5)14-3-12-6/h1-3H,9H2,(H2,10,15)(H,11,12,13,14)/b4-1-. The predicted molar refractivity (Wildman–Crippen MR) is 53.0 cm³/mol. The highest BCUT2D eigenvalue weighted by Gasteiger charge is 2.14. The summed E-state index contributed by atoms with van der Waals surface area (Å²) in [6.07, 6.45) is 3.87. The fourth-order valence-electron chi connectivity index (χ4n) is 1.25. The number of hydrogen-bond donors (Lipinski definition) is 3. The number of imidazole rings is 1. The quantitative estimate of drug-likeness (QED) is 0.549. The van der Waals surface area contributed by atoms with Crippen LogP contribution in [0.5, 0.6) is 0 Å². The van der Waals surface area contributed by atoms with E-state index < -0.39 is 5.91 Å². The lowest BCUT2D eigenvalue weighted by molar-refractivity contribution is -0.112. The number of nitrogens with two attached hydrogens (primary N) is 2. The monoisotopic (exact) mass is 204 g/mol. The molecule has 2 aromatic rings. The molecule has 0 fully saturated rings. The maximum Gasteiger partial charge on any atom is 0.252 e. The Morgan fingerprint density at radius 1 is 1.40 bits per heavy atom. The van der Waals surface area contributed by atoms with Crippen LogP contribution in [0.3, 0.4) is 0 Å². The highest BCUT2D eigenvalue weighted by molar-refractivity contribution is 6.20. The minimum Gasteiger partial charge on any atom is -0.404 e. The second-order valence-corrected chi connectivity index (χ2v) is 2.77. The zero-order chi connectivity index (χ0) is 10.8. The summed E-state index contributed by atoms with van der Waals surface area (Å²) in [6, 6.07) is 0. The van der Waals surface area contributed by atoms with E-state index >= 15 is 0 Å². The molecule has 0 aliphatic carbocycles. The summed E-state index contributed by atoms with van der Waals surface area (Å²) in [6.45, 7) is 0. The lowest BCUT2D eigenvalue weighted by Crippen LogP contribution is -2.15. The number of nitrogens with zero attached hydrogens (tertiary/aromatic N) is 3. The van der Waals surface area contributed by atoms with Gasteiger partial charge in [0.2, 0.25) is 0 Å². The lowest BCUT2D eigenvalue weighted by atomic mass is 10.1. The number of carbonyl (C=O) groups is 1. The molecule has 0 unspecified atom stereocenters. The summed E-state index contributed by atoms with van der Waals surface area (Å²) in [7, 11) is 0. The van der Waals surface area contributed by atoms with E-state index in [1.807, 2.05) is 0 Å². The second kappa shape index (κ2) is 3.37. The summed E-state index contributed by atoms with van der Waals surface area (Å²) in [5.41, 5.74) is 11.9. The van der Waals surface area contributed by atoms with Gasteiger partial charge < -0.3 is 16.5 Å². The summed E-state index contributed by atoms with van der Waals surface area (Å²) in [4.78, 5) is 25.7. The second-order valence-electron chi connectivity index (χ2n) is 2.77. The van der Waals surface area contributed by atoms with E-state index in [0.29, 0.717) is 16.9 Å². The summed E-state index contributed by atoms with van der Waals surface area (Å²) in [5.74, 6) is -0.646. The Kier molecular flexibility index (Phi) is 2.05. The van der Waals surface area contributed by atoms with Crippen molar-refractivity contribution in [2.45, 2.75) is 0 Å². The van der Waals surface area contributed by atoms with Gasteiger partial charge >= 0.3 is 0 Å². The molecule has 7 heteroatoms. The minimum absolute atomic E-state index is 0.131. The van der Waals surface area contributed by atoms with Gasteiger partial charge in [-0.3, -0.25) is 4.79 Å². The van der Waals surface area contributed by atoms with Crippen molar-refractivity contribution < 1.29 is 4.79 Å². The zero-order valence-corrected chi connectivity index (χ0v) is 7.64. The summed E-state index contributed by atoms with van der Waals surface area (Å²) >= 11 is 0. The Balaban J connectivity index is 2.70. The van der Waals surface area contributed by atoms with E-state index in [-0.39, 0.29) is 5.57 Å². The molecule has 0 radical (unpaired) electrons. The van der Waals surface area contributed by atoms with Gasteiger partial charge in [-0.1, -0.05) is 0 Å². The van der Waals surface area contributed by atoms with Crippen molar-refractivity contribution in [3.8, 4) is 0 Å². The van der Waals surface area contributed by atoms with Gasteiger partial charge in [-0.25, -0.2) is 15.0 Å². The molecule has 0 bridgehead atoms. The first-order valence-electron chi connectivity index (χ1n) is 4.10. The molecule has 0 aliphatic rings. The van der Waals surface area contributed by atoms with Gasteiger partial charge in [0, 0.05) is 6.20 Å². The molecule has 5 N–H and O–H groups in total. The van der Waals surface area contributed by atoms with Gasteiger partial charge in [-0.2, -0.15) is 0 Å². The van der Waals surface area contributed by atoms with Crippen molar-refractivity contribution in [2.24, 2.45) is 11.5 Å². The van der Waals surface area contributed by atoms with Gasteiger partial charge in [0.25, 0.3) is 5.91 Å². The molecule has 0 aliphatic heterocycles. The number of nitrogens with one attached hydrogen (secondary N) is 1. The fourth-order valence-corrected chi connectivity index (χ4v) is 1.25. The average Bonchev–Trinajstić information content (AvgIpc) is 2.66. The van der Waals surface area contributed by atoms with Crippen LogP contribution in [0.1, 0.15) is 5.69 Å². The molecule has 0 aromatic carbocycles. The highest BCUT2D eigenvalue weighted by atomic mass is 16.1. The van der Waals surface area contributed by atoms with Crippen LogP contribution in [0, 0.1) is 0 Å². The number of fused-ring (bicyclic) bond motifs is 1. The van der Waals surface area contributed by atoms with Crippen LogP contribution < -0.4 is 11.5 Å². The number of hydrogen-bond acceptors (Lipinski definition) is 5. The number of rotatable bonds is 2. The molecular formula is C8H8N6O. The van der Waals surface area contributed by atoms with Gasteiger partial charge in [0.1, 0.15) is 17.5 Å². The van der Waals surface area contributed by atoms with Crippen LogP contribution >= 0.6 is 0 Å². The van der Waals surface area contributed by atoms with Crippen LogP contribution in [0.15, 0.2) is 18.9 Å². The van der Waals surface area contributed by atoms with Crippen LogP contribution in [-0.2, 0) is 4.79 Å². The van der Waals surface area contributed by atoms with E-state index in [0.717, 1.165) is 6.20 Å². The fraction of sp³-hybridized carbons (Fsp3) is 0. The van der Waals surface area contributed by atoms with Gasteiger partial charge in [0.05, 0.1) is 11.9 Å². The lowest BCUT2D eigenvalue weighted by Gasteiger charge is -2.01. The van der Waals surface area contributed by atoms with E-state index in [4.69, 9.17) is 11.5 Å². The van der Waals surface area contributed by atoms with Crippen LogP contribution in [0.4, 0.5) is 0 Å². The number of amides is 1. The number of H-pyrrole nitrogens is 1. The minimum atomic E-state index is -0.646. The Bertz CT molecular complexity index is 543. The molecule has 1 amide bonds. The Morgan fingerprint density at radius 3 is 2.87 bits per heavy atom. The number of aromatic nitrogens is 4. The average molecular weight is 204 g/mol. The van der Waals surface area contributed by atoms with Crippen molar-refractivity contribution in [3.05, 3.63) is 24.5 Å². The third kappa shape index (κ3) is 1.39. The molecule has 2 rings (SSSR count). The molecular weight excluding hydrogens is 196 g/mol. The van der Waals surface area contributed by atoms with Crippen molar-refractivity contribution in [3.63, 3.8) is 0 Å². The van der Waals surface area contributed by atoms with E-state index in [1.54, 1.807) is 0 Å². The molecule has 0 saturated heterocycles. The van der Waals surface area contributed by atoms with Crippen molar-refractivity contribution in [1.82, 2.24) is 19.9 Å². The normalized spacial score (nSPS) is 11.9. The van der Waals surface area contributed by atoms with E-state index in [1.165, 1.54) is 12.7 Å². The van der Waals surface area contributed by atoms with Crippen LogP contribution in [0.2, 0.25) is 0 Å². The first-order chi connectivity index (χ1) is 7.24. The third-order valence-corrected chi connectivity index (χ3v) is 1.91. The largest absolute Gasteiger partial charge is 0.404 e. The van der Waals surface area contributed by atoms with Crippen molar-refractivity contribution in [1.29, 1.82) is 0 Å².